The number of carbonyl (C=O) groups is 1. The number of hydrogen-bond donors (Lipinski definition) is 2. The normalized spacial score (nSPS) is 13.6. The molecular formula is C13H21N3O3S. The molecule has 0 saturated heterocycles. The predicted octanol–water partition coefficient (Wildman–Crippen LogP) is 0.859. The van der Waals surface area contributed by atoms with Crippen LogP contribution in [0.25, 0.3) is 0 Å². The largest absolute Gasteiger partial charge is 0.325 e. The van der Waals surface area contributed by atoms with Gasteiger partial charge < -0.3 is 11.1 Å². The highest BCUT2D eigenvalue weighted by atomic mass is 32.2. The second-order valence-corrected chi connectivity index (χ2v) is 7.22. The molecule has 112 valence electrons. The van der Waals surface area contributed by atoms with Crippen LogP contribution in [0.2, 0.25) is 0 Å². The summed E-state index contributed by atoms with van der Waals surface area (Å²) in [5.41, 5.74) is 6.25. The van der Waals surface area contributed by atoms with Gasteiger partial charge in [0.2, 0.25) is 15.9 Å². The molecule has 0 saturated carbocycles. The predicted molar refractivity (Wildman–Crippen MR) is 78.8 cm³/mol. The third kappa shape index (κ3) is 3.78. The fourth-order valence-electron chi connectivity index (χ4n) is 1.45. The summed E-state index contributed by atoms with van der Waals surface area (Å²) in [6.45, 7) is 3.72. The maximum Gasteiger partial charge on any atom is 0.242 e. The highest BCUT2D eigenvalue weighted by Gasteiger charge is 2.19. The number of anilines is 1. The minimum Gasteiger partial charge on any atom is -0.325 e. The van der Waals surface area contributed by atoms with Crippen LogP contribution in [-0.2, 0) is 14.8 Å². The van der Waals surface area contributed by atoms with Crippen molar-refractivity contribution in [1.29, 1.82) is 0 Å². The summed E-state index contributed by atoms with van der Waals surface area (Å²) in [7, 11) is -0.526. The minimum absolute atomic E-state index is 0.0309. The Bertz CT molecular complexity index is 565. The van der Waals surface area contributed by atoms with Gasteiger partial charge in [-0.25, -0.2) is 12.7 Å². The molecule has 1 aromatic rings. The lowest BCUT2D eigenvalue weighted by Crippen LogP contribution is -2.39. The first-order valence-electron chi connectivity index (χ1n) is 6.25. The Morgan fingerprint density at radius 1 is 1.20 bits per heavy atom. The fraction of sp³-hybridized carbons (Fsp3) is 0.462. The van der Waals surface area contributed by atoms with Gasteiger partial charge in [-0.1, -0.05) is 13.8 Å². The molecule has 0 aliphatic rings. The standard InChI is InChI=1S/C13H21N3O3S/c1-9(2)12(14)13(17)15-10-5-7-11(8-6-10)20(18,19)16(3)4/h5-9,12H,14H2,1-4H3,(H,15,17)/t12-/m1/s1. The van der Waals surface area contributed by atoms with Crippen LogP contribution in [0.1, 0.15) is 13.8 Å². The molecule has 1 amide bonds. The number of benzene rings is 1. The molecular weight excluding hydrogens is 278 g/mol. The number of nitrogens with one attached hydrogen (secondary N) is 1. The summed E-state index contributed by atoms with van der Waals surface area (Å²) < 4.78 is 24.9. The van der Waals surface area contributed by atoms with E-state index in [0.29, 0.717) is 5.69 Å². The van der Waals surface area contributed by atoms with E-state index < -0.39 is 16.1 Å². The monoisotopic (exact) mass is 299 g/mol. The van der Waals surface area contributed by atoms with Crippen molar-refractivity contribution in [3.8, 4) is 0 Å². The lowest BCUT2D eigenvalue weighted by atomic mass is 10.1. The molecule has 0 aliphatic carbocycles. The topological polar surface area (TPSA) is 92.5 Å². The summed E-state index contributed by atoms with van der Waals surface area (Å²) >= 11 is 0. The number of rotatable bonds is 5. The first-order chi connectivity index (χ1) is 9.16. The molecule has 0 spiro atoms. The van der Waals surface area contributed by atoms with Gasteiger partial charge in [0.05, 0.1) is 10.9 Å². The molecule has 6 nitrogen and oxygen atoms in total. The number of sulfonamides is 1. The van der Waals surface area contributed by atoms with Crippen LogP contribution >= 0.6 is 0 Å². The molecule has 7 heteroatoms. The van der Waals surface area contributed by atoms with Gasteiger partial charge in [0.25, 0.3) is 0 Å². The average Bonchev–Trinajstić information content (AvgIpc) is 2.38. The third-order valence-corrected chi connectivity index (χ3v) is 4.75. The molecule has 1 rings (SSSR count). The van der Waals surface area contributed by atoms with E-state index in [9.17, 15) is 13.2 Å². The SMILES string of the molecule is CC(C)[C@@H](N)C(=O)Nc1ccc(S(=O)(=O)N(C)C)cc1. The molecule has 0 unspecified atom stereocenters. The number of nitrogens with zero attached hydrogens (tertiary/aromatic N) is 1. The van der Waals surface area contributed by atoms with Gasteiger partial charge in [-0.15, -0.1) is 0 Å². The molecule has 0 bridgehead atoms. The lowest BCUT2D eigenvalue weighted by molar-refractivity contribution is -0.118. The van der Waals surface area contributed by atoms with Gasteiger partial charge in [-0.3, -0.25) is 4.79 Å². The number of carbonyl (C=O) groups excluding carboxylic acids is 1. The zero-order valence-corrected chi connectivity index (χ0v) is 12.9. The van der Waals surface area contributed by atoms with Gasteiger partial charge in [-0.2, -0.15) is 0 Å². The van der Waals surface area contributed by atoms with Gasteiger partial charge in [0.15, 0.2) is 0 Å². The van der Waals surface area contributed by atoms with Crippen LogP contribution in [0, 0.1) is 5.92 Å². The van der Waals surface area contributed by atoms with Crippen molar-refractivity contribution in [3.05, 3.63) is 24.3 Å². The zero-order chi connectivity index (χ0) is 15.5. The van der Waals surface area contributed by atoms with Crippen molar-refractivity contribution in [2.24, 2.45) is 11.7 Å². The van der Waals surface area contributed by atoms with Gasteiger partial charge in [0, 0.05) is 19.8 Å². The van der Waals surface area contributed by atoms with Crippen molar-refractivity contribution in [2.45, 2.75) is 24.8 Å². The van der Waals surface area contributed by atoms with Gasteiger partial charge in [-0.05, 0) is 30.2 Å². The molecule has 0 heterocycles. The average molecular weight is 299 g/mol. The van der Waals surface area contributed by atoms with E-state index in [2.05, 4.69) is 5.32 Å². The molecule has 0 aliphatic heterocycles. The van der Waals surface area contributed by atoms with E-state index in [0.717, 1.165) is 4.31 Å². The van der Waals surface area contributed by atoms with Crippen LogP contribution in [0.4, 0.5) is 5.69 Å². The van der Waals surface area contributed by atoms with Crippen molar-refractivity contribution >= 4 is 21.6 Å². The van der Waals surface area contributed by atoms with E-state index in [1.165, 1.54) is 26.2 Å². The minimum atomic E-state index is -3.46. The smallest absolute Gasteiger partial charge is 0.242 e. The van der Waals surface area contributed by atoms with Crippen LogP contribution in [-0.4, -0.2) is 38.8 Å². The summed E-state index contributed by atoms with van der Waals surface area (Å²) in [5, 5.41) is 2.66. The van der Waals surface area contributed by atoms with Gasteiger partial charge >= 0.3 is 0 Å². The molecule has 1 atom stereocenters. The highest BCUT2D eigenvalue weighted by Crippen LogP contribution is 2.17. The second-order valence-electron chi connectivity index (χ2n) is 5.07. The van der Waals surface area contributed by atoms with E-state index in [1.54, 1.807) is 12.1 Å². The van der Waals surface area contributed by atoms with Crippen molar-refractivity contribution in [3.63, 3.8) is 0 Å². The second kappa shape index (κ2) is 6.34. The highest BCUT2D eigenvalue weighted by molar-refractivity contribution is 7.89. The molecule has 20 heavy (non-hydrogen) atoms. The number of amides is 1. The van der Waals surface area contributed by atoms with Crippen molar-refractivity contribution < 1.29 is 13.2 Å². The first kappa shape index (κ1) is 16.6. The Morgan fingerprint density at radius 2 is 1.70 bits per heavy atom. The number of hydrogen-bond acceptors (Lipinski definition) is 4. The Morgan fingerprint density at radius 3 is 2.10 bits per heavy atom. The first-order valence-corrected chi connectivity index (χ1v) is 7.69. The third-order valence-electron chi connectivity index (χ3n) is 2.92. The molecule has 0 radical (unpaired) electrons. The van der Waals surface area contributed by atoms with Crippen LogP contribution in [0.3, 0.4) is 0 Å². The van der Waals surface area contributed by atoms with E-state index in [4.69, 9.17) is 5.73 Å². The van der Waals surface area contributed by atoms with Gasteiger partial charge in [0.1, 0.15) is 0 Å². The summed E-state index contributed by atoms with van der Waals surface area (Å²) in [6.07, 6.45) is 0. The summed E-state index contributed by atoms with van der Waals surface area (Å²) in [4.78, 5) is 12.0. The maximum absolute atomic E-state index is 11.9. The molecule has 3 N–H and O–H groups in total. The summed E-state index contributed by atoms with van der Waals surface area (Å²) in [5.74, 6) is -0.258. The van der Waals surface area contributed by atoms with E-state index in [-0.39, 0.29) is 16.7 Å². The quantitative estimate of drug-likeness (QED) is 0.843. The fourth-order valence-corrected chi connectivity index (χ4v) is 2.35. The lowest BCUT2D eigenvalue weighted by Gasteiger charge is -2.16. The molecule has 0 aromatic heterocycles. The Labute approximate surface area is 120 Å². The maximum atomic E-state index is 11.9. The van der Waals surface area contributed by atoms with Crippen LogP contribution in [0.5, 0.6) is 0 Å². The summed E-state index contributed by atoms with van der Waals surface area (Å²) in [6, 6.07) is 5.39. The Balaban J connectivity index is 2.86. The van der Waals surface area contributed by atoms with Crippen LogP contribution in [0.15, 0.2) is 29.2 Å². The Kier molecular flexibility index (Phi) is 5.27. The molecule has 1 aromatic carbocycles. The van der Waals surface area contributed by atoms with Crippen LogP contribution < -0.4 is 11.1 Å². The Hall–Kier alpha value is -1.44. The molecule has 0 fully saturated rings. The zero-order valence-electron chi connectivity index (χ0n) is 12.1. The van der Waals surface area contributed by atoms with E-state index >= 15 is 0 Å². The number of nitrogens with two attached hydrogens (primary N) is 1. The van der Waals surface area contributed by atoms with E-state index in [1.807, 2.05) is 13.8 Å². The van der Waals surface area contributed by atoms with Crippen molar-refractivity contribution in [2.75, 3.05) is 19.4 Å². The van der Waals surface area contributed by atoms with Crippen molar-refractivity contribution in [1.82, 2.24) is 4.31 Å².